The van der Waals surface area contributed by atoms with Crippen molar-refractivity contribution >= 4 is 10.0 Å². The first-order valence-corrected chi connectivity index (χ1v) is 8.91. The lowest BCUT2D eigenvalue weighted by Gasteiger charge is -2.41. The molecule has 0 aromatic carbocycles. The highest BCUT2D eigenvalue weighted by molar-refractivity contribution is 7.89. The molecule has 0 radical (unpaired) electrons. The van der Waals surface area contributed by atoms with Crippen molar-refractivity contribution < 1.29 is 8.42 Å². The Bertz CT molecular complexity index is 527. The number of hydrogen-bond acceptors (Lipinski definition) is 3. The third-order valence-electron chi connectivity index (χ3n) is 4.11. The molecule has 1 saturated carbocycles. The molecular formula is C14H25N3O2S. The van der Waals surface area contributed by atoms with Crippen LogP contribution in [0.3, 0.4) is 0 Å². The van der Waals surface area contributed by atoms with Gasteiger partial charge in [0, 0.05) is 24.0 Å². The van der Waals surface area contributed by atoms with Crippen molar-refractivity contribution in [3.8, 4) is 0 Å². The van der Waals surface area contributed by atoms with Crippen LogP contribution in [-0.2, 0) is 16.6 Å². The second kappa shape index (κ2) is 6.28. The van der Waals surface area contributed by atoms with Crippen LogP contribution in [-0.4, -0.2) is 25.5 Å². The van der Waals surface area contributed by atoms with Crippen LogP contribution >= 0.6 is 0 Å². The highest BCUT2D eigenvalue weighted by Gasteiger charge is 2.39. The molecule has 0 spiro atoms. The normalized spacial score (nSPS) is 17.9. The first-order valence-electron chi connectivity index (χ1n) is 7.43. The molecule has 6 heteroatoms. The van der Waals surface area contributed by atoms with Crippen molar-refractivity contribution in [1.29, 1.82) is 0 Å². The lowest BCUT2D eigenvalue weighted by atomic mass is 9.76. The molecule has 0 atom stereocenters. The van der Waals surface area contributed by atoms with E-state index >= 15 is 0 Å². The van der Waals surface area contributed by atoms with Gasteiger partial charge in [0.1, 0.15) is 0 Å². The molecule has 1 fully saturated rings. The standard InChI is InChI=1S/C14H25N3O2S/c1-3-8-15-10-12-9-13(11-16-12)20(18,19)17-14(4-2)6-5-7-14/h9,11,15-17H,3-8,10H2,1-2H3. The van der Waals surface area contributed by atoms with Gasteiger partial charge < -0.3 is 10.3 Å². The topological polar surface area (TPSA) is 74.0 Å². The van der Waals surface area contributed by atoms with Crippen molar-refractivity contribution in [1.82, 2.24) is 15.0 Å². The van der Waals surface area contributed by atoms with Crippen LogP contribution in [0.4, 0.5) is 0 Å². The molecule has 1 aliphatic carbocycles. The van der Waals surface area contributed by atoms with E-state index in [1.165, 1.54) is 0 Å². The Hall–Kier alpha value is -0.850. The van der Waals surface area contributed by atoms with Crippen LogP contribution in [0.2, 0.25) is 0 Å². The first-order chi connectivity index (χ1) is 9.51. The summed E-state index contributed by atoms with van der Waals surface area (Å²) in [7, 11) is -3.41. The van der Waals surface area contributed by atoms with Crippen LogP contribution in [0.1, 0.15) is 51.6 Å². The largest absolute Gasteiger partial charge is 0.363 e. The Labute approximate surface area is 121 Å². The molecular weight excluding hydrogens is 274 g/mol. The lowest BCUT2D eigenvalue weighted by molar-refractivity contribution is 0.214. The lowest BCUT2D eigenvalue weighted by Crippen LogP contribution is -2.52. The van der Waals surface area contributed by atoms with Crippen LogP contribution in [0, 0.1) is 0 Å². The summed E-state index contributed by atoms with van der Waals surface area (Å²) in [5.41, 5.74) is 0.689. The van der Waals surface area contributed by atoms with Crippen LogP contribution in [0.15, 0.2) is 17.2 Å². The highest BCUT2D eigenvalue weighted by atomic mass is 32.2. The fraction of sp³-hybridized carbons (Fsp3) is 0.714. The highest BCUT2D eigenvalue weighted by Crippen LogP contribution is 2.36. The zero-order valence-corrected chi connectivity index (χ0v) is 13.1. The minimum absolute atomic E-state index is 0.212. The maximum absolute atomic E-state index is 12.4. The fourth-order valence-corrected chi connectivity index (χ4v) is 4.10. The van der Waals surface area contributed by atoms with Gasteiger partial charge in [0.2, 0.25) is 10.0 Å². The summed E-state index contributed by atoms with van der Waals surface area (Å²) in [6.45, 7) is 5.74. The Morgan fingerprint density at radius 3 is 2.65 bits per heavy atom. The van der Waals surface area contributed by atoms with Crippen LogP contribution in [0.25, 0.3) is 0 Å². The van der Waals surface area contributed by atoms with Gasteiger partial charge >= 0.3 is 0 Å². The fourth-order valence-electron chi connectivity index (χ4n) is 2.55. The number of aromatic nitrogens is 1. The summed E-state index contributed by atoms with van der Waals surface area (Å²) in [5, 5.41) is 3.25. The average molecular weight is 299 g/mol. The van der Waals surface area contributed by atoms with E-state index < -0.39 is 10.0 Å². The van der Waals surface area contributed by atoms with Gasteiger partial charge in [-0.25, -0.2) is 13.1 Å². The number of rotatable bonds is 8. The molecule has 2 rings (SSSR count). The number of sulfonamides is 1. The molecule has 114 valence electrons. The monoisotopic (exact) mass is 299 g/mol. The second-order valence-corrected chi connectivity index (χ2v) is 7.31. The summed E-state index contributed by atoms with van der Waals surface area (Å²) in [4.78, 5) is 3.37. The van der Waals surface area contributed by atoms with Crippen LogP contribution < -0.4 is 10.0 Å². The Morgan fingerprint density at radius 2 is 2.10 bits per heavy atom. The Morgan fingerprint density at radius 1 is 1.35 bits per heavy atom. The zero-order chi connectivity index (χ0) is 14.6. The maximum Gasteiger partial charge on any atom is 0.242 e. The molecule has 0 saturated heterocycles. The molecule has 0 unspecified atom stereocenters. The van der Waals surface area contributed by atoms with Gasteiger partial charge in [-0.3, -0.25) is 0 Å². The zero-order valence-electron chi connectivity index (χ0n) is 12.3. The number of hydrogen-bond donors (Lipinski definition) is 3. The van der Waals surface area contributed by atoms with E-state index in [1.54, 1.807) is 12.3 Å². The summed E-state index contributed by atoms with van der Waals surface area (Å²) in [5.74, 6) is 0. The predicted molar refractivity (Wildman–Crippen MR) is 80.0 cm³/mol. The van der Waals surface area contributed by atoms with Crippen molar-refractivity contribution in [2.75, 3.05) is 6.54 Å². The average Bonchev–Trinajstić information content (AvgIpc) is 2.84. The van der Waals surface area contributed by atoms with Crippen LogP contribution in [0.5, 0.6) is 0 Å². The van der Waals surface area contributed by atoms with E-state index in [9.17, 15) is 8.42 Å². The van der Waals surface area contributed by atoms with E-state index in [4.69, 9.17) is 0 Å². The Kier molecular flexibility index (Phi) is 4.88. The van der Waals surface area contributed by atoms with E-state index in [2.05, 4.69) is 21.9 Å². The molecule has 5 nitrogen and oxygen atoms in total. The second-order valence-electron chi connectivity index (χ2n) is 5.63. The molecule has 1 aromatic heterocycles. The van der Waals surface area contributed by atoms with Gasteiger partial charge in [0.05, 0.1) is 4.90 Å². The van der Waals surface area contributed by atoms with Gasteiger partial charge in [-0.2, -0.15) is 0 Å². The van der Waals surface area contributed by atoms with E-state index in [0.29, 0.717) is 11.4 Å². The summed E-state index contributed by atoms with van der Waals surface area (Å²) < 4.78 is 27.7. The van der Waals surface area contributed by atoms with Crippen molar-refractivity contribution in [2.45, 2.75) is 62.9 Å². The molecule has 0 amide bonds. The van der Waals surface area contributed by atoms with Gasteiger partial charge in [0.15, 0.2) is 0 Å². The van der Waals surface area contributed by atoms with Crippen molar-refractivity contribution in [3.05, 3.63) is 18.0 Å². The van der Waals surface area contributed by atoms with Gasteiger partial charge in [0.25, 0.3) is 0 Å². The van der Waals surface area contributed by atoms with E-state index in [0.717, 1.165) is 44.3 Å². The third kappa shape index (κ3) is 3.42. The predicted octanol–water partition coefficient (Wildman–Crippen LogP) is 2.13. The quantitative estimate of drug-likeness (QED) is 0.644. The Balaban J connectivity index is 2.02. The molecule has 1 aromatic rings. The smallest absolute Gasteiger partial charge is 0.242 e. The molecule has 0 aliphatic heterocycles. The van der Waals surface area contributed by atoms with Gasteiger partial charge in [-0.15, -0.1) is 0 Å². The number of aromatic amines is 1. The summed E-state index contributed by atoms with van der Waals surface area (Å²) in [6.07, 6.45) is 6.48. The molecule has 1 aliphatic rings. The third-order valence-corrected chi connectivity index (χ3v) is 5.67. The molecule has 0 bridgehead atoms. The van der Waals surface area contributed by atoms with Gasteiger partial charge in [-0.05, 0) is 44.7 Å². The summed E-state index contributed by atoms with van der Waals surface area (Å²) in [6, 6.07) is 1.72. The van der Waals surface area contributed by atoms with Crippen molar-refractivity contribution in [2.24, 2.45) is 0 Å². The minimum Gasteiger partial charge on any atom is -0.363 e. The first kappa shape index (κ1) is 15.5. The van der Waals surface area contributed by atoms with Crippen molar-refractivity contribution in [3.63, 3.8) is 0 Å². The van der Waals surface area contributed by atoms with Gasteiger partial charge in [-0.1, -0.05) is 13.8 Å². The number of H-pyrrole nitrogens is 1. The van der Waals surface area contributed by atoms with E-state index in [-0.39, 0.29) is 5.54 Å². The molecule has 20 heavy (non-hydrogen) atoms. The number of nitrogens with one attached hydrogen (secondary N) is 3. The molecule has 1 heterocycles. The van der Waals surface area contributed by atoms with E-state index in [1.807, 2.05) is 6.92 Å². The maximum atomic E-state index is 12.4. The summed E-state index contributed by atoms with van der Waals surface area (Å²) >= 11 is 0. The molecule has 3 N–H and O–H groups in total. The SMILES string of the molecule is CCCNCc1cc(S(=O)(=O)NC2(CC)CCC2)c[nH]1. The minimum atomic E-state index is -3.41.